The normalized spacial score (nSPS) is 13.0. The molecule has 0 radical (unpaired) electrons. The highest BCUT2D eigenvalue weighted by atomic mass is 16.6. The summed E-state index contributed by atoms with van der Waals surface area (Å²) in [7, 11) is 0. The van der Waals surface area contributed by atoms with E-state index in [9.17, 15) is 9.59 Å². The van der Waals surface area contributed by atoms with Gasteiger partial charge in [-0.1, -0.05) is 63.9 Å². The molecule has 0 aliphatic carbocycles. The lowest BCUT2D eigenvalue weighted by Gasteiger charge is -2.31. The molecule has 0 atom stereocenters. The second kappa shape index (κ2) is 15.5. The van der Waals surface area contributed by atoms with Crippen molar-refractivity contribution in [1.29, 1.82) is 0 Å². The van der Waals surface area contributed by atoms with Crippen LogP contribution in [0.3, 0.4) is 0 Å². The molecule has 0 fully saturated rings. The summed E-state index contributed by atoms with van der Waals surface area (Å²) in [4.78, 5) is 27.8. The molecular formula is C37H51N3O6. The van der Waals surface area contributed by atoms with Gasteiger partial charge in [-0.25, -0.2) is 4.79 Å². The molecule has 4 rings (SSSR count). The summed E-state index contributed by atoms with van der Waals surface area (Å²) in [6.07, 6.45) is 4.24. The van der Waals surface area contributed by atoms with Crippen LogP contribution in [0.4, 0.5) is 4.79 Å². The zero-order valence-electron chi connectivity index (χ0n) is 28.9. The molecule has 0 saturated heterocycles. The van der Waals surface area contributed by atoms with Gasteiger partial charge in [0.15, 0.2) is 0 Å². The van der Waals surface area contributed by atoms with E-state index in [-0.39, 0.29) is 23.7 Å². The monoisotopic (exact) mass is 633 g/mol. The SMILES string of the molecule is CCCCOc1cc(OCCCC)c(C(C)C)cc1-c1noc(C(=O)NCC)c1-c1ccc2c(c1)CCN(C(=O)OC(C)(C)C)C2. The number of nitrogens with zero attached hydrogens (tertiary/aromatic N) is 2. The van der Waals surface area contributed by atoms with Gasteiger partial charge in [0, 0.05) is 31.3 Å². The van der Waals surface area contributed by atoms with E-state index in [0.29, 0.717) is 56.3 Å². The maximum absolute atomic E-state index is 13.3. The van der Waals surface area contributed by atoms with Crippen LogP contribution in [-0.4, -0.2) is 54.0 Å². The number of fused-ring (bicyclic) bond motifs is 1. The Morgan fingerprint density at radius 1 is 0.978 bits per heavy atom. The molecule has 9 heteroatoms. The molecule has 2 heterocycles. The average Bonchev–Trinajstić information content (AvgIpc) is 3.45. The predicted molar refractivity (Wildman–Crippen MR) is 181 cm³/mol. The zero-order chi connectivity index (χ0) is 33.4. The van der Waals surface area contributed by atoms with E-state index >= 15 is 0 Å². The van der Waals surface area contributed by atoms with Crippen LogP contribution in [0.25, 0.3) is 22.4 Å². The minimum Gasteiger partial charge on any atom is -0.493 e. The van der Waals surface area contributed by atoms with Gasteiger partial charge in [-0.15, -0.1) is 0 Å². The number of nitrogens with one attached hydrogen (secondary N) is 1. The molecule has 250 valence electrons. The Bertz CT molecular complexity index is 1500. The maximum atomic E-state index is 13.3. The van der Waals surface area contributed by atoms with Crippen LogP contribution in [0.15, 0.2) is 34.9 Å². The van der Waals surface area contributed by atoms with Gasteiger partial charge >= 0.3 is 6.09 Å². The van der Waals surface area contributed by atoms with Gasteiger partial charge in [-0.2, -0.15) is 0 Å². The standard InChI is InChI=1S/C37H51N3O6/c1-9-12-18-43-30-22-31(44-19-13-10-2)29(21-28(30)24(4)5)33-32(34(46-39-33)35(41)38-11-3)26-14-15-27-23-40(17-16-25(27)20-26)36(42)45-37(6,7)8/h14-15,20-22,24H,9-13,16-19,23H2,1-8H3,(H,38,41). The van der Waals surface area contributed by atoms with E-state index in [0.717, 1.165) is 59.3 Å². The second-order valence-electron chi connectivity index (χ2n) is 13.2. The molecular weight excluding hydrogens is 582 g/mol. The summed E-state index contributed by atoms with van der Waals surface area (Å²) in [5.41, 5.74) is 5.34. The summed E-state index contributed by atoms with van der Waals surface area (Å²) in [6, 6.07) is 10.1. The van der Waals surface area contributed by atoms with Crippen LogP contribution in [0.1, 0.15) is 114 Å². The van der Waals surface area contributed by atoms with Crippen molar-refractivity contribution < 1.29 is 28.3 Å². The Kier molecular flexibility index (Phi) is 11.8. The van der Waals surface area contributed by atoms with E-state index in [1.165, 1.54) is 0 Å². The van der Waals surface area contributed by atoms with Crippen molar-refractivity contribution in [2.75, 3.05) is 26.3 Å². The number of amides is 2. The molecule has 3 aromatic rings. The number of hydrogen-bond donors (Lipinski definition) is 1. The number of ether oxygens (including phenoxy) is 3. The molecule has 0 saturated carbocycles. The first-order chi connectivity index (χ1) is 22.0. The molecule has 1 N–H and O–H groups in total. The molecule has 2 aromatic carbocycles. The van der Waals surface area contributed by atoms with Crippen LogP contribution < -0.4 is 14.8 Å². The summed E-state index contributed by atoms with van der Waals surface area (Å²) < 4.78 is 24.1. The van der Waals surface area contributed by atoms with E-state index < -0.39 is 5.60 Å². The van der Waals surface area contributed by atoms with Gasteiger partial charge in [-0.3, -0.25) is 4.79 Å². The highest BCUT2D eigenvalue weighted by Gasteiger charge is 2.30. The van der Waals surface area contributed by atoms with Crippen LogP contribution >= 0.6 is 0 Å². The van der Waals surface area contributed by atoms with Crippen LogP contribution in [0.2, 0.25) is 0 Å². The summed E-state index contributed by atoms with van der Waals surface area (Å²) in [6.45, 7) is 18.6. The predicted octanol–water partition coefficient (Wildman–Crippen LogP) is 8.53. The fourth-order valence-corrected chi connectivity index (χ4v) is 5.44. The largest absolute Gasteiger partial charge is 0.493 e. The third-order valence-electron chi connectivity index (χ3n) is 7.89. The number of rotatable bonds is 13. The Morgan fingerprint density at radius 2 is 1.67 bits per heavy atom. The zero-order valence-corrected chi connectivity index (χ0v) is 28.9. The number of aromatic nitrogens is 1. The number of hydrogen-bond acceptors (Lipinski definition) is 7. The highest BCUT2D eigenvalue weighted by Crippen LogP contribution is 2.44. The van der Waals surface area contributed by atoms with Crippen LogP contribution in [-0.2, 0) is 17.7 Å². The van der Waals surface area contributed by atoms with Gasteiger partial charge in [-0.05, 0) is 81.2 Å². The smallest absolute Gasteiger partial charge is 0.410 e. The molecule has 0 unspecified atom stereocenters. The topological polar surface area (TPSA) is 103 Å². The molecule has 0 bridgehead atoms. The van der Waals surface area contributed by atoms with Crippen LogP contribution in [0, 0.1) is 0 Å². The van der Waals surface area contributed by atoms with Crippen molar-refractivity contribution in [3.8, 4) is 33.9 Å². The third kappa shape index (κ3) is 8.42. The number of carbonyl (C=O) groups is 2. The molecule has 1 aromatic heterocycles. The summed E-state index contributed by atoms with van der Waals surface area (Å²) >= 11 is 0. The van der Waals surface area contributed by atoms with E-state index in [4.69, 9.17) is 18.7 Å². The minimum absolute atomic E-state index is 0.150. The van der Waals surface area contributed by atoms with E-state index in [1.54, 1.807) is 4.90 Å². The number of carbonyl (C=O) groups excluding carboxylic acids is 2. The first-order valence-electron chi connectivity index (χ1n) is 16.8. The highest BCUT2D eigenvalue weighted by molar-refractivity contribution is 6.02. The van der Waals surface area contributed by atoms with Gasteiger partial charge in [0.1, 0.15) is 22.8 Å². The summed E-state index contributed by atoms with van der Waals surface area (Å²) in [5, 5.41) is 7.39. The second-order valence-corrected chi connectivity index (χ2v) is 13.2. The lowest BCUT2D eigenvalue weighted by atomic mass is 9.91. The lowest BCUT2D eigenvalue weighted by Crippen LogP contribution is -2.39. The fraction of sp³-hybridized carbons (Fsp3) is 0.541. The van der Waals surface area contributed by atoms with Gasteiger partial charge < -0.3 is 29.0 Å². The van der Waals surface area contributed by atoms with Crippen molar-refractivity contribution in [2.24, 2.45) is 0 Å². The molecule has 1 aliphatic heterocycles. The van der Waals surface area contributed by atoms with Crippen LogP contribution in [0.5, 0.6) is 11.5 Å². The van der Waals surface area contributed by atoms with Gasteiger partial charge in [0.2, 0.25) is 5.76 Å². The Hall–Kier alpha value is -4.01. The first-order valence-corrected chi connectivity index (χ1v) is 16.8. The molecule has 2 amide bonds. The maximum Gasteiger partial charge on any atom is 0.410 e. The minimum atomic E-state index is -0.560. The van der Waals surface area contributed by atoms with Crippen molar-refractivity contribution in [1.82, 2.24) is 15.4 Å². The lowest BCUT2D eigenvalue weighted by molar-refractivity contribution is 0.0224. The Labute approximate surface area is 274 Å². The fourth-order valence-electron chi connectivity index (χ4n) is 5.44. The van der Waals surface area contributed by atoms with Gasteiger partial charge in [0.05, 0.1) is 18.8 Å². The van der Waals surface area contributed by atoms with Crippen molar-refractivity contribution in [2.45, 2.75) is 106 Å². The van der Waals surface area contributed by atoms with E-state index in [2.05, 4.69) is 50.3 Å². The Morgan fingerprint density at radius 3 is 2.30 bits per heavy atom. The van der Waals surface area contributed by atoms with Crippen molar-refractivity contribution in [3.05, 3.63) is 52.8 Å². The molecule has 1 aliphatic rings. The molecule has 9 nitrogen and oxygen atoms in total. The summed E-state index contributed by atoms with van der Waals surface area (Å²) in [5.74, 6) is 1.44. The Balaban J connectivity index is 1.82. The molecule has 46 heavy (non-hydrogen) atoms. The molecule has 0 spiro atoms. The average molecular weight is 634 g/mol. The first kappa shape index (κ1) is 34.9. The quantitative estimate of drug-likeness (QED) is 0.188. The van der Waals surface area contributed by atoms with Crippen molar-refractivity contribution in [3.63, 3.8) is 0 Å². The number of unbranched alkanes of at least 4 members (excludes halogenated alkanes) is 2. The third-order valence-corrected chi connectivity index (χ3v) is 7.89. The van der Waals surface area contributed by atoms with Crippen molar-refractivity contribution >= 4 is 12.0 Å². The van der Waals surface area contributed by atoms with E-state index in [1.807, 2.05) is 45.9 Å². The number of benzene rings is 2. The van der Waals surface area contributed by atoms with Gasteiger partial charge in [0.25, 0.3) is 5.91 Å².